The number of thiophene rings is 1. The molecule has 5 rings (SSSR count). The van der Waals surface area contributed by atoms with Gasteiger partial charge in [0.2, 0.25) is 0 Å². The van der Waals surface area contributed by atoms with Crippen LogP contribution in [0, 0.1) is 0 Å². The molecule has 38 heavy (non-hydrogen) atoms. The number of nitrogens with one attached hydrogen (secondary N) is 3. The lowest BCUT2D eigenvalue weighted by Crippen LogP contribution is -2.19. The Morgan fingerprint density at radius 2 is 1.95 bits per heavy atom. The number of carbonyl (C=O) groups excluding carboxylic acids is 2. The molecule has 0 spiro atoms. The van der Waals surface area contributed by atoms with Crippen LogP contribution < -0.4 is 10.6 Å². The molecule has 3 N–H and O–H groups in total. The van der Waals surface area contributed by atoms with Crippen LogP contribution in [0.3, 0.4) is 0 Å². The summed E-state index contributed by atoms with van der Waals surface area (Å²) >= 11 is 7.38. The SMILES string of the molecule is CN(C)CCCn1cc(NC(=O)c2sccc2Cl)cc1C(=O)Nc1cc(-c2nc3cncnc3[nH]2)n(C)c1. The fourth-order valence-electron chi connectivity index (χ4n) is 4.10. The summed E-state index contributed by atoms with van der Waals surface area (Å²) < 4.78 is 3.72. The fourth-order valence-corrected chi connectivity index (χ4v) is 5.14. The van der Waals surface area contributed by atoms with E-state index in [1.54, 1.807) is 29.9 Å². The molecule has 13 heteroatoms. The number of anilines is 2. The Balaban J connectivity index is 1.37. The molecule has 5 aromatic heterocycles. The van der Waals surface area contributed by atoms with Gasteiger partial charge in [-0.1, -0.05) is 11.6 Å². The van der Waals surface area contributed by atoms with E-state index >= 15 is 0 Å². The van der Waals surface area contributed by atoms with E-state index in [9.17, 15) is 9.59 Å². The lowest BCUT2D eigenvalue weighted by atomic mass is 10.3. The smallest absolute Gasteiger partial charge is 0.272 e. The molecule has 0 unspecified atom stereocenters. The highest BCUT2D eigenvalue weighted by molar-refractivity contribution is 7.12. The zero-order valence-electron chi connectivity index (χ0n) is 21.0. The maximum atomic E-state index is 13.4. The second-order valence-electron chi connectivity index (χ2n) is 9.04. The second-order valence-corrected chi connectivity index (χ2v) is 10.4. The van der Waals surface area contributed by atoms with Crippen LogP contribution in [0.25, 0.3) is 22.7 Å². The summed E-state index contributed by atoms with van der Waals surface area (Å²) in [7, 11) is 5.87. The molecule has 0 aromatic carbocycles. The molecule has 0 saturated heterocycles. The molecule has 196 valence electrons. The molecule has 5 aromatic rings. The minimum absolute atomic E-state index is 0.294. The van der Waals surface area contributed by atoms with E-state index < -0.39 is 0 Å². The fraction of sp³-hybridized carbons (Fsp3) is 0.240. The number of hydrogen-bond donors (Lipinski definition) is 3. The van der Waals surface area contributed by atoms with Gasteiger partial charge in [-0.25, -0.2) is 15.0 Å². The number of hydrogen-bond acceptors (Lipinski definition) is 7. The number of nitrogens with zero attached hydrogens (tertiary/aromatic N) is 6. The first-order valence-electron chi connectivity index (χ1n) is 11.8. The van der Waals surface area contributed by atoms with Crippen molar-refractivity contribution in [1.82, 2.24) is 34.0 Å². The van der Waals surface area contributed by atoms with E-state index in [-0.39, 0.29) is 11.8 Å². The highest BCUT2D eigenvalue weighted by Crippen LogP contribution is 2.26. The maximum absolute atomic E-state index is 13.4. The van der Waals surface area contributed by atoms with Crippen LogP contribution in [0.5, 0.6) is 0 Å². The van der Waals surface area contributed by atoms with E-state index in [0.717, 1.165) is 18.7 Å². The molecule has 0 saturated carbocycles. The molecule has 0 radical (unpaired) electrons. The Hall–Kier alpha value is -4.00. The van der Waals surface area contributed by atoms with Crippen LogP contribution in [0.1, 0.15) is 26.6 Å². The van der Waals surface area contributed by atoms with Crippen LogP contribution in [0.4, 0.5) is 11.4 Å². The van der Waals surface area contributed by atoms with Crippen LogP contribution >= 0.6 is 22.9 Å². The largest absolute Gasteiger partial charge is 0.346 e. The van der Waals surface area contributed by atoms with Crippen LogP contribution in [0.2, 0.25) is 5.02 Å². The molecule has 2 amide bonds. The van der Waals surface area contributed by atoms with E-state index in [1.807, 2.05) is 42.5 Å². The van der Waals surface area contributed by atoms with Gasteiger partial charge in [0.15, 0.2) is 11.5 Å². The van der Waals surface area contributed by atoms with Crippen molar-refractivity contribution in [3.63, 3.8) is 0 Å². The van der Waals surface area contributed by atoms with Crippen molar-refractivity contribution in [2.24, 2.45) is 7.05 Å². The molecule has 5 heterocycles. The number of aromatic amines is 1. The highest BCUT2D eigenvalue weighted by atomic mass is 35.5. The van der Waals surface area contributed by atoms with Crippen molar-refractivity contribution < 1.29 is 9.59 Å². The first-order valence-corrected chi connectivity index (χ1v) is 13.1. The number of halogens is 1. The number of aryl methyl sites for hydroxylation is 2. The van der Waals surface area contributed by atoms with Gasteiger partial charge in [-0.05, 0) is 50.6 Å². The summed E-state index contributed by atoms with van der Waals surface area (Å²) in [5, 5.41) is 7.99. The van der Waals surface area contributed by atoms with Crippen molar-refractivity contribution in [2.75, 3.05) is 31.3 Å². The van der Waals surface area contributed by atoms with Crippen molar-refractivity contribution in [1.29, 1.82) is 0 Å². The third-order valence-corrected chi connectivity index (χ3v) is 7.22. The first kappa shape index (κ1) is 25.6. The van der Waals surface area contributed by atoms with Gasteiger partial charge in [0.1, 0.15) is 22.4 Å². The number of rotatable bonds is 9. The Morgan fingerprint density at radius 3 is 2.68 bits per heavy atom. The van der Waals surface area contributed by atoms with Crippen molar-refractivity contribution in [3.8, 4) is 11.5 Å². The average Bonchev–Trinajstić information content (AvgIpc) is 3.64. The summed E-state index contributed by atoms with van der Waals surface area (Å²) in [5.74, 6) is 0.00977. The molecular formula is C25H26ClN9O2S. The third-order valence-electron chi connectivity index (χ3n) is 5.88. The zero-order valence-corrected chi connectivity index (χ0v) is 22.6. The van der Waals surface area contributed by atoms with E-state index in [0.29, 0.717) is 50.5 Å². The second kappa shape index (κ2) is 10.8. The normalized spacial score (nSPS) is 11.4. The Bertz CT molecular complexity index is 1580. The minimum Gasteiger partial charge on any atom is -0.346 e. The molecule has 0 fully saturated rings. The lowest BCUT2D eigenvalue weighted by Gasteiger charge is -2.12. The lowest BCUT2D eigenvalue weighted by molar-refractivity contribution is 0.101. The summed E-state index contributed by atoms with van der Waals surface area (Å²) in [6, 6.07) is 5.19. The quantitative estimate of drug-likeness (QED) is 0.250. The molecule has 0 atom stereocenters. The van der Waals surface area contributed by atoms with E-state index in [4.69, 9.17) is 11.6 Å². The molecular weight excluding hydrogens is 526 g/mol. The zero-order chi connectivity index (χ0) is 26.8. The summed E-state index contributed by atoms with van der Waals surface area (Å²) in [5.41, 5.74) is 3.63. The van der Waals surface area contributed by atoms with Gasteiger partial charge < -0.3 is 29.7 Å². The van der Waals surface area contributed by atoms with Crippen LogP contribution in [0.15, 0.2) is 48.5 Å². The van der Waals surface area contributed by atoms with E-state index in [2.05, 4.69) is 35.5 Å². The summed E-state index contributed by atoms with van der Waals surface area (Å²) in [6.07, 6.45) is 7.51. The van der Waals surface area contributed by atoms with Crippen molar-refractivity contribution in [3.05, 3.63) is 64.1 Å². The topological polar surface area (TPSA) is 126 Å². The maximum Gasteiger partial charge on any atom is 0.272 e. The minimum atomic E-state index is -0.314. The van der Waals surface area contributed by atoms with Gasteiger partial charge in [0.05, 0.1) is 28.3 Å². The first-order chi connectivity index (χ1) is 18.3. The monoisotopic (exact) mass is 551 g/mol. The number of aromatic nitrogens is 6. The van der Waals surface area contributed by atoms with Crippen LogP contribution in [-0.2, 0) is 13.6 Å². The van der Waals surface area contributed by atoms with Gasteiger partial charge in [0.25, 0.3) is 11.8 Å². The Labute approximate surface area is 227 Å². The van der Waals surface area contributed by atoms with Crippen molar-refractivity contribution in [2.45, 2.75) is 13.0 Å². The third kappa shape index (κ3) is 5.47. The Kier molecular flexibility index (Phi) is 7.27. The highest BCUT2D eigenvalue weighted by Gasteiger charge is 2.19. The standard InChI is InChI=1S/C25H26ClN9O2S/c1-33(2)6-4-7-35-13-16(30-25(37)21-17(26)5-8-38-21)10-20(35)24(36)29-15-9-19(34(3)12-15)23-31-18-11-27-14-28-22(18)32-23/h5,8-14H,4,6-7H2,1-3H3,(H,29,36)(H,30,37)(H,27,28,31,32). The molecule has 0 bridgehead atoms. The van der Waals surface area contributed by atoms with Gasteiger partial charge >= 0.3 is 0 Å². The van der Waals surface area contributed by atoms with Gasteiger partial charge in [-0.2, -0.15) is 0 Å². The van der Waals surface area contributed by atoms with Crippen LogP contribution in [-0.4, -0.2) is 66.4 Å². The number of H-pyrrole nitrogens is 1. The van der Waals surface area contributed by atoms with Gasteiger partial charge in [-0.3, -0.25) is 9.59 Å². The number of imidazole rings is 1. The van der Waals surface area contributed by atoms with Crippen molar-refractivity contribution >= 4 is 57.3 Å². The summed E-state index contributed by atoms with van der Waals surface area (Å²) in [6.45, 7) is 1.46. The Morgan fingerprint density at radius 1 is 1.16 bits per heavy atom. The molecule has 0 aliphatic carbocycles. The van der Waals surface area contributed by atoms with Gasteiger partial charge in [-0.15, -0.1) is 11.3 Å². The molecule has 0 aliphatic rings. The van der Waals surface area contributed by atoms with Gasteiger partial charge in [0, 0.05) is 26.0 Å². The molecule has 11 nitrogen and oxygen atoms in total. The predicted molar refractivity (Wildman–Crippen MR) is 149 cm³/mol. The number of amides is 2. The predicted octanol–water partition coefficient (Wildman–Crippen LogP) is 4.33. The number of carbonyl (C=O) groups is 2. The average molecular weight is 552 g/mol. The number of fused-ring (bicyclic) bond motifs is 1. The molecule has 0 aliphatic heterocycles. The van der Waals surface area contributed by atoms with E-state index in [1.165, 1.54) is 17.7 Å². The summed E-state index contributed by atoms with van der Waals surface area (Å²) in [4.78, 5) is 44.5.